The van der Waals surface area contributed by atoms with Crippen LogP contribution in [0.15, 0.2) is 12.1 Å². The first kappa shape index (κ1) is 15.2. The highest BCUT2D eigenvalue weighted by Gasteiger charge is 2.46. The molecule has 5 nitrogen and oxygen atoms in total. The lowest BCUT2D eigenvalue weighted by molar-refractivity contribution is -0.120. The molecule has 2 fully saturated rings. The van der Waals surface area contributed by atoms with Crippen molar-refractivity contribution in [3.63, 3.8) is 0 Å². The predicted octanol–water partition coefficient (Wildman–Crippen LogP) is 2.04. The number of likely N-dealkylation sites (tertiary alicyclic amines) is 1. The molecule has 2 saturated heterocycles. The number of Topliss-reactive ketones (excluding diaryl/α,β-unsaturated/α-hetero) is 1. The molecule has 0 aliphatic carbocycles. The van der Waals surface area contributed by atoms with E-state index in [1.807, 2.05) is 0 Å². The summed E-state index contributed by atoms with van der Waals surface area (Å²) >= 11 is 5.98. The lowest BCUT2D eigenvalue weighted by Gasteiger charge is -2.22. The van der Waals surface area contributed by atoms with Crippen molar-refractivity contribution in [1.29, 1.82) is 0 Å². The van der Waals surface area contributed by atoms with Crippen LogP contribution in [0.5, 0.6) is 0 Å². The quantitative estimate of drug-likeness (QED) is 0.905. The largest absolute Gasteiger partial charge is 0.368 e. The Morgan fingerprint density at radius 3 is 3.09 bits per heavy atom. The zero-order valence-corrected chi connectivity index (χ0v) is 12.8. The van der Waals surface area contributed by atoms with Crippen molar-refractivity contribution in [2.24, 2.45) is 0 Å². The van der Waals surface area contributed by atoms with Crippen molar-refractivity contribution < 1.29 is 18.7 Å². The minimum Gasteiger partial charge on any atom is -0.368 e. The van der Waals surface area contributed by atoms with Gasteiger partial charge in [0.25, 0.3) is 0 Å². The molecule has 0 radical (unpaired) electrons. The lowest BCUT2D eigenvalue weighted by Crippen LogP contribution is -2.46. The number of benzene rings is 1. The van der Waals surface area contributed by atoms with Crippen LogP contribution >= 0.6 is 11.6 Å². The van der Waals surface area contributed by atoms with Gasteiger partial charge in [-0.1, -0.05) is 17.7 Å². The van der Waals surface area contributed by atoms with Crippen molar-refractivity contribution >= 4 is 23.4 Å². The second-order valence-corrected chi connectivity index (χ2v) is 5.97. The van der Waals surface area contributed by atoms with Crippen molar-refractivity contribution in [3.05, 3.63) is 34.1 Å². The van der Waals surface area contributed by atoms with Crippen molar-refractivity contribution in [2.75, 3.05) is 13.2 Å². The molecule has 2 aliphatic rings. The fourth-order valence-corrected chi connectivity index (χ4v) is 3.18. The molecule has 2 amide bonds. The number of nitrogens with zero attached hydrogens (tertiary/aromatic N) is 1. The summed E-state index contributed by atoms with van der Waals surface area (Å²) in [6, 6.07) is 2.27. The molecule has 7 heteroatoms. The SMILES string of the molecule is Cc1ccc(Cl)c(CNC(=O)N2CC[C@H]3OCC(=O)[C@H]32)c1F. The fraction of sp³-hybridized carbons (Fsp3) is 0.467. The number of hydrogen-bond donors (Lipinski definition) is 1. The van der Waals surface area contributed by atoms with Gasteiger partial charge in [0.1, 0.15) is 18.5 Å². The van der Waals surface area contributed by atoms with Crippen LogP contribution in [-0.4, -0.2) is 42.0 Å². The average molecular weight is 327 g/mol. The first-order chi connectivity index (χ1) is 10.5. The minimum absolute atomic E-state index is 0.0197. The van der Waals surface area contributed by atoms with E-state index < -0.39 is 17.9 Å². The number of halogens is 2. The third kappa shape index (κ3) is 2.57. The first-order valence-electron chi connectivity index (χ1n) is 7.11. The molecule has 0 bridgehead atoms. The van der Waals surface area contributed by atoms with Crippen LogP contribution in [-0.2, 0) is 16.1 Å². The number of hydrogen-bond acceptors (Lipinski definition) is 3. The van der Waals surface area contributed by atoms with E-state index in [4.69, 9.17) is 16.3 Å². The number of nitrogens with one attached hydrogen (secondary N) is 1. The standard InChI is InChI=1S/C15H16ClFN2O3/c1-8-2-3-10(16)9(13(8)17)6-18-15(21)19-5-4-12-14(19)11(20)7-22-12/h2-3,12,14H,4-7H2,1H3,(H,18,21)/t12-,14-/m1/s1. The molecule has 0 saturated carbocycles. The van der Waals surface area contributed by atoms with Crippen LogP contribution in [0.1, 0.15) is 17.5 Å². The van der Waals surface area contributed by atoms with E-state index >= 15 is 0 Å². The average Bonchev–Trinajstić information content (AvgIpc) is 3.06. The van der Waals surface area contributed by atoms with E-state index in [1.165, 1.54) is 4.90 Å². The molecular formula is C15H16ClFN2O3. The molecule has 0 spiro atoms. The number of urea groups is 1. The number of rotatable bonds is 2. The Labute approximate surface area is 132 Å². The molecule has 1 N–H and O–H groups in total. The summed E-state index contributed by atoms with van der Waals surface area (Å²) in [4.78, 5) is 25.5. The normalized spacial score (nSPS) is 23.8. The maximum atomic E-state index is 14.0. The van der Waals surface area contributed by atoms with E-state index in [-0.39, 0.29) is 35.6 Å². The summed E-state index contributed by atoms with van der Waals surface area (Å²) in [7, 11) is 0. The lowest BCUT2D eigenvalue weighted by atomic mass is 10.1. The van der Waals surface area contributed by atoms with E-state index in [1.54, 1.807) is 19.1 Å². The summed E-state index contributed by atoms with van der Waals surface area (Å²) in [6.07, 6.45) is 0.432. The fourth-order valence-electron chi connectivity index (χ4n) is 2.96. The molecule has 3 rings (SSSR count). The molecule has 118 valence electrons. The Hall–Kier alpha value is -1.66. The number of aryl methyl sites for hydroxylation is 1. The Bertz CT molecular complexity index is 637. The van der Waals surface area contributed by atoms with Gasteiger partial charge in [0.05, 0.1) is 6.10 Å². The molecule has 0 aromatic heterocycles. The summed E-state index contributed by atoms with van der Waals surface area (Å²) < 4.78 is 19.4. The topological polar surface area (TPSA) is 58.6 Å². The van der Waals surface area contributed by atoms with Crippen LogP contribution in [0, 0.1) is 12.7 Å². The van der Waals surface area contributed by atoms with Gasteiger partial charge in [-0.3, -0.25) is 4.79 Å². The number of ether oxygens (including phenoxy) is 1. The van der Waals surface area contributed by atoms with Crippen LogP contribution in [0.3, 0.4) is 0 Å². The van der Waals surface area contributed by atoms with Gasteiger partial charge in [-0.15, -0.1) is 0 Å². The number of fused-ring (bicyclic) bond motifs is 1. The van der Waals surface area contributed by atoms with Crippen LogP contribution in [0.2, 0.25) is 5.02 Å². The zero-order valence-electron chi connectivity index (χ0n) is 12.1. The smallest absolute Gasteiger partial charge is 0.318 e. The van der Waals surface area contributed by atoms with Crippen LogP contribution < -0.4 is 5.32 Å². The second kappa shape index (κ2) is 5.85. The second-order valence-electron chi connectivity index (χ2n) is 5.56. The molecule has 22 heavy (non-hydrogen) atoms. The number of ketones is 1. The van der Waals surface area contributed by atoms with Crippen LogP contribution in [0.4, 0.5) is 9.18 Å². The highest BCUT2D eigenvalue weighted by atomic mass is 35.5. The monoisotopic (exact) mass is 326 g/mol. The van der Waals surface area contributed by atoms with Gasteiger partial charge >= 0.3 is 6.03 Å². The van der Waals surface area contributed by atoms with E-state index in [0.29, 0.717) is 18.5 Å². The molecule has 1 aromatic carbocycles. The van der Waals surface area contributed by atoms with Gasteiger partial charge in [-0.05, 0) is 25.0 Å². The van der Waals surface area contributed by atoms with Crippen LogP contribution in [0.25, 0.3) is 0 Å². The van der Waals surface area contributed by atoms with Gasteiger partial charge in [0.15, 0.2) is 5.78 Å². The third-order valence-corrected chi connectivity index (χ3v) is 4.52. The van der Waals surface area contributed by atoms with Gasteiger partial charge in [-0.25, -0.2) is 9.18 Å². The Morgan fingerprint density at radius 1 is 1.55 bits per heavy atom. The Kier molecular flexibility index (Phi) is 4.06. The summed E-state index contributed by atoms with van der Waals surface area (Å²) in [5.41, 5.74) is 0.717. The van der Waals surface area contributed by atoms with Crippen molar-refractivity contribution in [1.82, 2.24) is 10.2 Å². The van der Waals surface area contributed by atoms with Crippen molar-refractivity contribution in [3.8, 4) is 0 Å². The minimum atomic E-state index is -0.516. The van der Waals surface area contributed by atoms with Gasteiger partial charge in [-0.2, -0.15) is 0 Å². The van der Waals surface area contributed by atoms with Gasteiger partial charge < -0.3 is 15.0 Å². The van der Waals surface area contributed by atoms with Crippen molar-refractivity contribution in [2.45, 2.75) is 32.0 Å². The predicted molar refractivity (Wildman–Crippen MR) is 78.2 cm³/mol. The Morgan fingerprint density at radius 2 is 2.32 bits per heavy atom. The number of carbonyl (C=O) groups is 2. The van der Waals surface area contributed by atoms with E-state index in [2.05, 4.69) is 5.32 Å². The first-order valence-corrected chi connectivity index (χ1v) is 7.49. The van der Waals surface area contributed by atoms with Gasteiger partial charge in [0.2, 0.25) is 0 Å². The third-order valence-electron chi connectivity index (χ3n) is 4.17. The highest BCUT2D eigenvalue weighted by molar-refractivity contribution is 6.31. The summed E-state index contributed by atoms with van der Waals surface area (Å²) in [6.45, 7) is 2.12. The maximum absolute atomic E-state index is 14.0. The molecule has 2 aliphatic heterocycles. The highest BCUT2D eigenvalue weighted by Crippen LogP contribution is 2.27. The zero-order chi connectivity index (χ0) is 15.9. The molecule has 1 aromatic rings. The van der Waals surface area contributed by atoms with E-state index in [9.17, 15) is 14.0 Å². The molecule has 2 atom stereocenters. The van der Waals surface area contributed by atoms with Gasteiger partial charge in [0, 0.05) is 23.7 Å². The summed E-state index contributed by atoms with van der Waals surface area (Å²) in [5.74, 6) is -0.509. The molecular weight excluding hydrogens is 311 g/mol. The maximum Gasteiger partial charge on any atom is 0.318 e. The van der Waals surface area contributed by atoms with E-state index in [0.717, 1.165) is 0 Å². The number of amides is 2. The summed E-state index contributed by atoms with van der Waals surface area (Å²) in [5, 5.41) is 2.90. The Balaban J connectivity index is 1.69. The number of carbonyl (C=O) groups excluding carboxylic acids is 2. The molecule has 0 unspecified atom stereocenters. The molecule has 2 heterocycles.